The number of hydrogen-bond acceptors (Lipinski definition) is 4. The highest BCUT2D eigenvalue weighted by molar-refractivity contribution is 6.30. The normalized spacial score (nSPS) is 17.7. The average molecular weight is 335 g/mol. The van der Waals surface area contributed by atoms with Gasteiger partial charge in [-0.15, -0.1) is 12.4 Å². The number of carbonyl (C=O) groups excluding carboxylic acids is 1. The van der Waals surface area contributed by atoms with Crippen molar-refractivity contribution in [3.8, 4) is 5.75 Å². The molecule has 0 spiro atoms. The Morgan fingerprint density at radius 3 is 3.05 bits per heavy atom. The second-order valence-electron chi connectivity index (χ2n) is 4.55. The van der Waals surface area contributed by atoms with Crippen molar-refractivity contribution in [1.82, 2.24) is 5.32 Å². The van der Waals surface area contributed by atoms with Crippen molar-refractivity contribution < 1.29 is 14.3 Å². The van der Waals surface area contributed by atoms with E-state index >= 15 is 0 Å². The van der Waals surface area contributed by atoms with Crippen molar-refractivity contribution in [2.24, 2.45) is 0 Å². The van der Waals surface area contributed by atoms with Crippen molar-refractivity contribution in [2.45, 2.75) is 19.4 Å². The Hall–Kier alpha value is -1.01. The molecule has 21 heavy (non-hydrogen) atoms. The van der Waals surface area contributed by atoms with E-state index in [2.05, 4.69) is 10.6 Å². The van der Waals surface area contributed by atoms with E-state index in [1.807, 2.05) is 6.92 Å². The maximum atomic E-state index is 12.0. The van der Waals surface area contributed by atoms with E-state index in [-0.39, 0.29) is 24.4 Å². The number of morpholine rings is 1. The van der Waals surface area contributed by atoms with Gasteiger partial charge < -0.3 is 20.1 Å². The van der Waals surface area contributed by atoms with Crippen LogP contribution in [0.3, 0.4) is 0 Å². The smallest absolute Gasteiger partial charge is 0.226 e. The molecule has 2 rings (SSSR count). The molecule has 118 valence electrons. The van der Waals surface area contributed by atoms with Crippen molar-refractivity contribution in [3.63, 3.8) is 0 Å². The van der Waals surface area contributed by atoms with E-state index in [9.17, 15) is 4.79 Å². The highest BCUT2D eigenvalue weighted by Crippen LogP contribution is 2.28. The van der Waals surface area contributed by atoms with Crippen molar-refractivity contribution in [3.05, 3.63) is 23.2 Å². The van der Waals surface area contributed by atoms with Crippen LogP contribution in [-0.2, 0) is 9.53 Å². The van der Waals surface area contributed by atoms with Crippen LogP contribution in [0.15, 0.2) is 18.2 Å². The third-order valence-electron chi connectivity index (χ3n) is 2.95. The van der Waals surface area contributed by atoms with Crippen LogP contribution in [0.2, 0.25) is 5.02 Å². The molecule has 1 heterocycles. The molecular weight excluding hydrogens is 315 g/mol. The number of carbonyl (C=O) groups is 1. The topological polar surface area (TPSA) is 59.6 Å². The van der Waals surface area contributed by atoms with E-state index in [1.165, 1.54) is 0 Å². The molecule has 0 bridgehead atoms. The van der Waals surface area contributed by atoms with Gasteiger partial charge in [0, 0.05) is 30.1 Å². The fourth-order valence-corrected chi connectivity index (χ4v) is 2.21. The standard InChI is InChI=1S/C14H19ClN2O3.ClH/c1-2-20-13-7-10(15)3-4-12(13)17-14(18)8-11-9-19-6-5-16-11;/h3-4,7,11,16H,2,5-6,8-9H2,1H3,(H,17,18);1H. The summed E-state index contributed by atoms with van der Waals surface area (Å²) in [6, 6.07) is 5.23. The molecule has 1 saturated heterocycles. The minimum absolute atomic E-state index is 0. The van der Waals surface area contributed by atoms with Gasteiger partial charge in [-0.05, 0) is 19.1 Å². The van der Waals surface area contributed by atoms with Gasteiger partial charge in [0.05, 0.1) is 25.5 Å². The van der Waals surface area contributed by atoms with Crippen LogP contribution in [0.1, 0.15) is 13.3 Å². The third-order valence-corrected chi connectivity index (χ3v) is 3.18. The van der Waals surface area contributed by atoms with Gasteiger partial charge in [-0.25, -0.2) is 0 Å². The summed E-state index contributed by atoms with van der Waals surface area (Å²) in [7, 11) is 0. The summed E-state index contributed by atoms with van der Waals surface area (Å²) in [5.41, 5.74) is 0.637. The molecule has 1 aliphatic heterocycles. The summed E-state index contributed by atoms with van der Waals surface area (Å²) in [5.74, 6) is 0.512. The molecule has 1 fully saturated rings. The SMILES string of the molecule is CCOc1cc(Cl)ccc1NC(=O)CC1COCCN1.Cl. The third kappa shape index (κ3) is 5.71. The molecule has 7 heteroatoms. The Morgan fingerprint density at radius 2 is 2.38 bits per heavy atom. The summed E-state index contributed by atoms with van der Waals surface area (Å²) in [6.07, 6.45) is 0.369. The lowest BCUT2D eigenvalue weighted by molar-refractivity contribution is -0.117. The summed E-state index contributed by atoms with van der Waals surface area (Å²) in [5, 5.41) is 6.68. The molecule has 2 N–H and O–H groups in total. The number of amides is 1. The molecule has 1 aromatic carbocycles. The Morgan fingerprint density at radius 1 is 1.57 bits per heavy atom. The second-order valence-corrected chi connectivity index (χ2v) is 4.99. The van der Waals surface area contributed by atoms with Crippen LogP contribution in [0.25, 0.3) is 0 Å². The van der Waals surface area contributed by atoms with Crippen LogP contribution in [-0.4, -0.2) is 38.3 Å². The molecule has 0 aliphatic carbocycles. The van der Waals surface area contributed by atoms with Crippen LogP contribution in [0.5, 0.6) is 5.75 Å². The highest BCUT2D eigenvalue weighted by atomic mass is 35.5. The minimum atomic E-state index is -0.0729. The fraction of sp³-hybridized carbons (Fsp3) is 0.500. The molecule has 1 unspecified atom stereocenters. The molecule has 5 nitrogen and oxygen atoms in total. The first-order valence-electron chi connectivity index (χ1n) is 6.72. The maximum Gasteiger partial charge on any atom is 0.226 e. The average Bonchev–Trinajstić information content (AvgIpc) is 2.43. The van der Waals surface area contributed by atoms with Crippen LogP contribution >= 0.6 is 24.0 Å². The lowest BCUT2D eigenvalue weighted by atomic mass is 10.2. The maximum absolute atomic E-state index is 12.0. The van der Waals surface area contributed by atoms with Crippen LogP contribution in [0, 0.1) is 0 Å². The predicted molar refractivity (Wildman–Crippen MR) is 85.7 cm³/mol. The Bertz CT molecular complexity index is 466. The number of anilines is 1. The van der Waals surface area contributed by atoms with Gasteiger partial charge in [0.25, 0.3) is 0 Å². The lowest BCUT2D eigenvalue weighted by Gasteiger charge is -2.23. The first-order chi connectivity index (χ1) is 9.69. The van der Waals surface area contributed by atoms with Crippen molar-refractivity contribution >= 4 is 35.6 Å². The molecule has 1 amide bonds. The predicted octanol–water partition coefficient (Wildman–Crippen LogP) is 2.48. The van der Waals surface area contributed by atoms with Gasteiger partial charge in [0.15, 0.2) is 0 Å². The zero-order valence-electron chi connectivity index (χ0n) is 11.9. The number of benzene rings is 1. The largest absolute Gasteiger partial charge is 0.492 e. The van der Waals surface area contributed by atoms with E-state index in [0.29, 0.717) is 42.7 Å². The zero-order valence-corrected chi connectivity index (χ0v) is 13.4. The Kier molecular flexibility index (Phi) is 7.82. The van der Waals surface area contributed by atoms with E-state index in [1.54, 1.807) is 18.2 Å². The molecule has 0 saturated carbocycles. The first kappa shape index (κ1) is 18.0. The van der Waals surface area contributed by atoms with E-state index in [4.69, 9.17) is 21.1 Å². The van der Waals surface area contributed by atoms with E-state index < -0.39 is 0 Å². The second kappa shape index (κ2) is 9.10. The number of ether oxygens (including phenoxy) is 2. The molecule has 1 aliphatic rings. The molecule has 1 aromatic rings. The van der Waals surface area contributed by atoms with Gasteiger partial charge in [0.1, 0.15) is 5.75 Å². The van der Waals surface area contributed by atoms with Gasteiger partial charge in [-0.1, -0.05) is 11.6 Å². The molecule has 0 aromatic heterocycles. The van der Waals surface area contributed by atoms with Gasteiger partial charge in [0.2, 0.25) is 5.91 Å². The van der Waals surface area contributed by atoms with Crippen molar-refractivity contribution in [1.29, 1.82) is 0 Å². The molecule has 0 radical (unpaired) electrons. The zero-order chi connectivity index (χ0) is 14.4. The number of rotatable bonds is 5. The summed E-state index contributed by atoms with van der Waals surface area (Å²) >= 11 is 5.93. The number of nitrogens with one attached hydrogen (secondary N) is 2. The minimum Gasteiger partial charge on any atom is -0.492 e. The monoisotopic (exact) mass is 334 g/mol. The van der Waals surface area contributed by atoms with Gasteiger partial charge >= 0.3 is 0 Å². The molecular formula is C14H20Cl2N2O3. The quantitative estimate of drug-likeness (QED) is 0.868. The van der Waals surface area contributed by atoms with Crippen molar-refractivity contribution in [2.75, 3.05) is 31.7 Å². The van der Waals surface area contributed by atoms with Gasteiger partial charge in [-0.2, -0.15) is 0 Å². The summed E-state index contributed by atoms with van der Waals surface area (Å²) < 4.78 is 10.8. The summed E-state index contributed by atoms with van der Waals surface area (Å²) in [4.78, 5) is 12.0. The molecule has 1 atom stereocenters. The Balaban J connectivity index is 0.00000220. The lowest BCUT2D eigenvalue weighted by Crippen LogP contribution is -2.43. The van der Waals surface area contributed by atoms with E-state index in [0.717, 1.165) is 6.54 Å². The first-order valence-corrected chi connectivity index (χ1v) is 7.10. The summed E-state index contributed by atoms with van der Waals surface area (Å²) in [6.45, 7) is 4.44. The number of hydrogen-bond donors (Lipinski definition) is 2. The van der Waals surface area contributed by atoms with Gasteiger partial charge in [-0.3, -0.25) is 4.79 Å². The number of halogens is 2. The highest BCUT2D eigenvalue weighted by Gasteiger charge is 2.17. The van der Waals surface area contributed by atoms with Crippen LogP contribution in [0.4, 0.5) is 5.69 Å². The Labute approximate surface area is 135 Å². The van der Waals surface area contributed by atoms with Crippen LogP contribution < -0.4 is 15.4 Å². The fourth-order valence-electron chi connectivity index (χ4n) is 2.05.